The highest BCUT2D eigenvalue weighted by molar-refractivity contribution is 5.59. The average molecular weight is 211 g/mol. The summed E-state index contributed by atoms with van der Waals surface area (Å²) in [7, 11) is 0. The molecule has 3 aromatic rings. The lowest BCUT2D eigenvalue weighted by molar-refractivity contribution is 1.13. The van der Waals surface area contributed by atoms with Crippen molar-refractivity contribution in [1.29, 1.82) is 0 Å². The van der Waals surface area contributed by atoms with Crippen molar-refractivity contribution in [2.24, 2.45) is 0 Å². The van der Waals surface area contributed by atoms with Crippen LogP contribution in [0, 0.1) is 0 Å². The molecule has 0 aromatic carbocycles. The van der Waals surface area contributed by atoms with Gasteiger partial charge >= 0.3 is 0 Å². The van der Waals surface area contributed by atoms with Crippen LogP contribution in [0.1, 0.15) is 0 Å². The van der Waals surface area contributed by atoms with Crippen LogP contribution in [0.3, 0.4) is 0 Å². The molecule has 3 aromatic heterocycles. The van der Waals surface area contributed by atoms with E-state index < -0.39 is 0 Å². The number of hydrogen-bond donors (Lipinski definition) is 1. The molecule has 0 fully saturated rings. The third kappa shape index (κ3) is 1.30. The summed E-state index contributed by atoms with van der Waals surface area (Å²) in [6.07, 6.45) is 6.85. The zero-order valence-corrected chi connectivity index (χ0v) is 8.41. The standard InChI is InChI=1S/C11H9N5/c12-10-7-14-8(6-15-10)9-2-1-3-11-13-4-5-16(9)11/h1-7H,(H2,12,15). The average Bonchev–Trinajstić information content (AvgIpc) is 2.78. The van der Waals surface area contributed by atoms with Crippen molar-refractivity contribution in [3.05, 3.63) is 43.0 Å². The van der Waals surface area contributed by atoms with E-state index in [2.05, 4.69) is 15.0 Å². The van der Waals surface area contributed by atoms with Crippen LogP contribution in [0.15, 0.2) is 43.0 Å². The van der Waals surface area contributed by atoms with Crippen LogP contribution in [0.2, 0.25) is 0 Å². The summed E-state index contributed by atoms with van der Waals surface area (Å²) in [5.74, 6) is 0.418. The van der Waals surface area contributed by atoms with Gasteiger partial charge in [0.15, 0.2) is 0 Å². The highest BCUT2D eigenvalue weighted by Gasteiger charge is 2.04. The second-order valence-corrected chi connectivity index (χ2v) is 3.39. The molecule has 0 unspecified atom stereocenters. The number of nitrogens with zero attached hydrogens (tertiary/aromatic N) is 4. The van der Waals surface area contributed by atoms with Crippen LogP contribution in [-0.2, 0) is 0 Å². The van der Waals surface area contributed by atoms with Gasteiger partial charge in [-0.05, 0) is 12.1 Å². The number of rotatable bonds is 1. The van der Waals surface area contributed by atoms with E-state index in [-0.39, 0.29) is 0 Å². The van der Waals surface area contributed by atoms with Crippen LogP contribution in [0.25, 0.3) is 17.0 Å². The summed E-state index contributed by atoms with van der Waals surface area (Å²) < 4.78 is 1.96. The Bertz CT molecular complexity index is 626. The van der Waals surface area contributed by atoms with Gasteiger partial charge in [-0.3, -0.25) is 4.40 Å². The molecule has 0 aliphatic carbocycles. The molecule has 5 heteroatoms. The number of pyridine rings is 1. The van der Waals surface area contributed by atoms with E-state index in [0.717, 1.165) is 17.0 Å². The van der Waals surface area contributed by atoms with Gasteiger partial charge in [-0.2, -0.15) is 0 Å². The Balaban J connectivity index is 2.25. The van der Waals surface area contributed by atoms with Gasteiger partial charge in [-0.25, -0.2) is 15.0 Å². The van der Waals surface area contributed by atoms with Crippen molar-refractivity contribution in [2.45, 2.75) is 0 Å². The maximum absolute atomic E-state index is 5.50. The molecule has 3 heterocycles. The monoisotopic (exact) mass is 211 g/mol. The van der Waals surface area contributed by atoms with Crippen molar-refractivity contribution in [3.63, 3.8) is 0 Å². The zero-order valence-electron chi connectivity index (χ0n) is 8.41. The smallest absolute Gasteiger partial charge is 0.141 e. The predicted octanol–water partition coefficient (Wildman–Crippen LogP) is 1.37. The third-order valence-corrected chi connectivity index (χ3v) is 2.36. The number of fused-ring (bicyclic) bond motifs is 1. The highest BCUT2D eigenvalue weighted by Crippen LogP contribution is 2.17. The van der Waals surface area contributed by atoms with E-state index in [1.807, 2.05) is 28.8 Å². The molecular formula is C11H9N5. The summed E-state index contributed by atoms with van der Waals surface area (Å²) in [5, 5.41) is 0. The molecule has 0 radical (unpaired) electrons. The lowest BCUT2D eigenvalue weighted by atomic mass is 10.3. The molecule has 0 saturated carbocycles. The van der Waals surface area contributed by atoms with Gasteiger partial charge in [0, 0.05) is 12.4 Å². The Labute approximate surface area is 91.6 Å². The maximum Gasteiger partial charge on any atom is 0.141 e. The van der Waals surface area contributed by atoms with E-state index in [1.54, 1.807) is 18.6 Å². The van der Waals surface area contributed by atoms with Gasteiger partial charge in [0.05, 0.1) is 18.1 Å². The van der Waals surface area contributed by atoms with Gasteiger partial charge in [0.2, 0.25) is 0 Å². The fraction of sp³-hybridized carbons (Fsp3) is 0. The number of aromatic nitrogens is 4. The lowest BCUT2D eigenvalue weighted by Crippen LogP contribution is -1.96. The first-order chi connectivity index (χ1) is 7.84. The van der Waals surface area contributed by atoms with Crippen LogP contribution >= 0.6 is 0 Å². The van der Waals surface area contributed by atoms with Crippen LogP contribution in [0.4, 0.5) is 5.82 Å². The van der Waals surface area contributed by atoms with Crippen LogP contribution < -0.4 is 5.73 Å². The van der Waals surface area contributed by atoms with Gasteiger partial charge in [0.1, 0.15) is 17.2 Å². The SMILES string of the molecule is Nc1cnc(-c2cccc3nccn23)cn1. The van der Waals surface area contributed by atoms with Gasteiger partial charge < -0.3 is 5.73 Å². The molecule has 0 atom stereocenters. The second-order valence-electron chi connectivity index (χ2n) is 3.39. The van der Waals surface area contributed by atoms with Crippen molar-refractivity contribution in [2.75, 3.05) is 5.73 Å². The minimum Gasteiger partial charge on any atom is -0.382 e. The minimum absolute atomic E-state index is 0.418. The number of anilines is 1. The second kappa shape index (κ2) is 3.30. The Hall–Kier alpha value is -2.43. The van der Waals surface area contributed by atoms with E-state index >= 15 is 0 Å². The zero-order chi connectivity index (χ0) is 11.0. The first-order valence-electron chi connectivity index (χ1n) is 4.84. The topological polar surface area (TPSA) is 69.1 Å². The fourth-order valence-electron chi connectivity index (χ4n) is 1.63. The van der Waals surface area contributed by atoms with E-state index in [4.69, 9.17) is 5.73 Å². The number of nitrogens with two attached hydrogens (primary N) is 1. The fourth-order valence-corrected chi connectivity index (χ4v) is 1.63. The Kier molecular flexibility index (Phi) is 1.83. The summed E-state index contributed by atoms with van der Waals surface area (Å²) in [6, 6.07) is 5.85. The molecule has 0 bridgehead atoms. The summed E-state index contributed by atoms with van der Waals surface area (Å²) in [5.41, 5.74) is 8.11. The van der Waals surface area contributed by atoms with Crippen molar-refractivity contribution in [3.8, 4) is 11.4 Å². The van der Waals surface area contributed by atoms with E-state index in [0.29, 0.717) is 5.82 Å². The molecule has 16 heavy (non-hydrogen) atoms. The van der Waals surface area contributed by atoms with E-state index in [1.165, 1.54) is 0 Å². The maximum atomic E-state index is 5.50. The molecule has 3 rings (SSSR count). The highest BCUT2D eigenvalue weighted by atomic mass is 15.0. The summed E-state index contributed by atoms with van der Waals surface area (Å²) >= 11 is 0. The predicted molar refractivity (Wildman–Crippen MR) is 60.6 cm³/mol. The normalized spacial score (nSPS) is 10.8. The molecule has 0 spiro atoms. The molecule has 0 amide bonds. The minimum atomic E-state index is 0.418. The first kappa shape index (κ1) is 8.84. The number of hydrogen-bond acceptors (Lipinski definition) is 4. The third-order valence-electron chi connectivity index (χ3n) is 2.36. The van der Waals surface area contributed by atoms with Crippen molar-refractivity contribution in [1.82, 2.24) is 19.4 Å². The van der Waals surface area contributed by atoms with E-state index in [9.17, 15) is 0 Å². The number of nitrogen functional groups attached to an aromatic ring is 1. The molecule has 5 nitrogen and oxygen atoms in total. The molecule has 0 aliphatic rings. The summed E-state index contributed by atoms with van der Waals surface area (Å²) in [4.78, 5) is 12.5. The molecular weight excluding hydrogens is 202 g/mol. The first-order valence-corrected chi connectivity index (χ1v) is 4.84. The van der Waals surface area contributed by atoms with Gasteiger partial charge in [-0.1, -0.05) is 6.07 Å². The Morgan fingerprint density at radius 1 is 1.06 bits per heavy atom. The molecule has 78 valence electrons. The van der Waals surface area contributed by atoms with Crippen LogP contribution in [0.5, 0.6) is 0 Å². The lowest BCUT2D eigenvalue weighted by Gasteiger charge is -2.03. The molecule has 0 aliphatic heterocycles. The van der Waals surface area contributed by atoms with Gasteiger partial charge in [-0.15, -0.1) is 0 Å². The summed E-state index contributed by atoms with van der Waals surface area (Å²) in [6.45, 7) is 0. The Morgan fingerprint density at radius 3 is 2.81 bits per heavy atom. The Morgan fingerprint density at radius 2 is 2.00 bits per heavy atom. The van der Waals surface area contributed by atoms with Crippen LogP contribution in [-0.4, -0.2) is 19.4 Å². The largest absolute Gasteiger partial charge is 0.382 e. The molecule has 2 N–H and O–H groups in total. The van der Waals surface area contributed by atoms with Crippen molar-refractivity contribution < 1.29 is 0 Å². The van der Waals surface area contributed by atoms with Gasteiger partial charge in [0.25, 0.3) is 0 Å². The quantitative estimate of drug-likeness (QED) is 0.660. The van der Waals surface area contributed by atoms with Crippen molar-refractivity contribution >= 4 is 11.5 Å². The number of imidazole rings is 1. The molecule has 0 saturated heterocycles.